The zero-order valence-electron chi connectivity index (χ0n) is 11.2. The van der Waals surface area contributed by atoms with Gasteiger partial charge in [0.05, 0.1) is 5.56 Å². The molecule has 6 heteroatoms. The monoisotopic (exact) mass is 297 g/mol. The SMILES string of the molecule is CC(C)(C)c1nc(-c2ccc(Cl)cc2F)oc1C(=O)O. The Hall–Kier alpha value is -1.88. The van der Waals surface area contributed by atoms with Gasteiger partial charge in [0, 0.05) is 10.4 Å². The molecule has 0 aliphatic carbocycles. The highest BCUT2D eigenvalue weighted by Gasteiger charge is 2.29. The van der Waals surface area contributed by atoms with E-state index < -0.39 is 17.2 Å². The van der Waals surface area contributed by atoms with Crippen molar-refractivity contribution in [1.82, 2.24) is 4.98 Å². The van der Waals surface area contributed by atoms with E-state index in [1.807, 2.05) is 0 Å². The normalized spacial score (nSPS) is 11.7. The number of aromatic nitrogens is 1. The van der Waals surface area contributed by atoms with Crippen molar-refractivity contribution in [2.24, 2.45) is 0 Å². The van der Waals surface area contributed by atoms with E-state index in [9.17, 15) is 9.18 Å². The lowest BCUT2D eigenvalue weighted by molar-refractivity contribution is 0.0659. The lowest BCUT2D eigenvalue weighted by Gasteiger charge is -2.14. The van der Waals surface area contributed by atoms with E-state index in [1.54, 1.807) is 20.8 Å². The molecular weight excluding hydrogens is 285 g/mol. The summed E-state index contributed by atoms with van der Waals surface area (Å²) >= 11 is 5.68. The largest absolute Gasteiger partial charge is 0.475 e. The molecule has 0 saturated carbocycles. The van der Waals surface area contributed by atoms with E-state index >= 15 is 0 Å². The van der Waals surface area contributed by atoms with Crippen LogP contribution in [0.1, 0.15) is 37.0 Å². The van der Waals surface area contributed by atoms with E-state index in [0.29, 0.717) is 0 Å². The first kappa shape index (κ1) is 14.5. The molecule has 2 rings (SSSR count). The van der Waals surface area contributed by atoms with Crippen LogP contribution in [0.5, 0.6) is 0 Å². The maximum Gasteiger partial charge on any atom is 0.373 e. The summed E-state index contributed by atoms with van der Waals surface area (Å²) in [5.41, 5.74) is -0.181. The minimum Gasteiger partial charge on any atom is -0.475 e. The van der Waals surface area contributed by atoms with Gasteiger partial charge in [-0.25, -0.2) is 14.2 Å². The average molecular weight is 298 g/mol. The van der Waals surface area contributed by atoms with Gasteiger partial charge in [0.1, 0.15) is 11.5 Å². The van der Waals surface area contributed by atoms with Crippen LogP contribution in [0.2, 0.25) is 5.02 Å². The van der Waals surface area contributed by atoms with Gasteiger partial charge < -0.3 is 9.52 Å². The van der Waals surface area contributed by atoms with Crippen molar-refractivity contribution >= 4 is 17.6 Å². The number of nitrogens with zero attached hydrogens (tertiary/aromatic N) is 1. The van der Waals surface area contributed by atoms with Gasteiger partial charge >= 0.3 is 5.97 Å². The van der Waals surface area contributed by atoms with Crippen molar-refractivity contribution in [3.8, 4) is 11.5 Å². The standard InChI is InChI=1S/C14H13ClFNO3/c1-14(2,3)11-10(13(18)19)20-12(17-11)8-5-4-7(15)6-9(8)16/h4-6H,1-3H3,(H,18,19). The van der Waals surface area contributed by atoms with Crippen LogP contribution < -0.4 is 0 Å². The maximum absolute atomic E-state index is 13.8. The highest BCUT2D eigenvalue weighted by molar-refractivity contribution is 6.30. The van der Waals surface area contributed by atoms with Crippen molar-refractivity contribution in [3.05, 3.63) is 40.5 Å². The number of rotatable bonds is 2. The summed E-state index contributed by atoms with van der Waals surface area (Å²) in [7, 11) is 0. The molecule has 0 bridgehead atoms. The van der Waals surface area contributed by atoms with E-state index in [2.05, 4.69) is 4.98 Å². The van der Waals surface area contributed by atoms with Crippen LogP contribution in [0.25, 0.3) is 11.5 Å². The second kappa shape index (κ2) is 4.90. The van der Waals surface area contributed by atoms with Crippen LogP contribution in [0, 0.1) is 5.82 Å². The summed E-state index contributed by atoms with van der Waals surface area (Å²) in [4.78, 5) is 15.3. The third-order valence-corrected chi connectivity index (χ3v) is 2.93. The van der Waals surface area contributed by atoms with Gasteiger partial charge in [-0.05, 0) is 18.2 Å². The quantitative estimate of drug-likeness (QED) is 0.905. The number of halogens is 2. The van der Waals surface area contributed by atoms with Crippen LogP contribution in [0.15, 0.2) is 22.6 Å². The Balaban J connectivity index is 2.62. The van der Waals surface area contributed by atoms with E-state index in [0.717, 1.165) is 6.07 Å². The second-order valence-corrected chi connectivity index (χ2v) is 5.81. The minimum absolute atomic E-state index is 0.0681. The third-order valence-electron chi connectivity index (χ3n) is 2.69. The van der Waals surface area contributed by atoms with E-state index in [-0.39, 0.29) is 27.9 Å². The van der Waals surface area contributed by atoms with Crippen molar-refractivity contribution < 1.29 is 18.7 Å². The van der Waals surface area contributed by atoms with Gasteiger partial charge in [-0.3, -0.25) is 0 Å². The number of carboxylic acids is 1. The van der Waals surface area contributed by atoms with Gasteiger partial charge in [0.25, 0.3) is 0 Å². The molecule has 0 aliphatic rings. The van der Waals surface area contributed by atoms with Gasteiger partial charge in [0.15, 0.2) is 0 Å². The molecular formula is C14H13ClFNO3. The van der Waals surface area contributed by atoms with Crippen LogP contribution in [-0.2, 0) is 5.41 Å². The number of carbonyl (C=O) groups is 1. The molecule has 0 aliphatic heterocycles. The van der Waals surface area contributed by atoms with Crippen molar-refractivity contribution in [2.45, 2.75) is 26.2 Å². The Morgan fingerprint density at radius 1 is 1.40 bits per heavy atom. The molecule has 0 atom stereocenters. The summed E-state index contributed by atoms with van der Waals surface area (Å²) in [5.74, 6) is -2.19. The number of aromatic carboxylic acids is 1. The topological polar surface area (TPSA) is 63.3 Å². The lowest BCUT2D eigenvalue weighted by atomic mass is 9.91. The number of carboxylic acid groups (broad SMARTS) is 1. The summed E-state index contributed by atoms with van der Waals surface area (Å²) < 4.78 is 19.1. The second-order valence-electron chi connectivity index (χ2n) is 5.38. The molecule has 1 heterocycles. The Bertz CT molecular complexity index is 674. The fraction of sp³-hybridized carbons (Fsp3) is 0.286. The summed E-state index contributed by atoms with van der Waals surface area (Å²) in [6.07, 6.45) is 0. The molecule has 0 unspecified atom stereocenters. The molecule has 0 spiro atoms. The molecule has 106 valence electrons. The van der Waals surface area contributed by atoms with Crippen molar-refractivity contribution in [2.75, 3.05) is 0 Å². The fourth-order valence-corrected chi connectivity index (χ4v) is 1.91. The predicted molar refractivity (Wildman–Crippen MR) is 72.6 cm³/mol. The maximum atomic E-state index is 13.8. The molecule has 0 amide bonds. The molecule has 0 saturated heterocycles. The number of hydrogen-bond donors (Lipinski definition) is 1. The Morgan fingerprint density at radius 3 is 2.50 bits per heavy atom. The third kappa shape index (κ3) is 2.67. The van der Waals surface area contributed by atoms with E-state index in [4.69, 9.17) is 21.1 Å². The first-order valence-corrected chi connectivity index (χ1v) is 6.28. The van der Waals surface area contributed by atoms with Crippen LogP contribution >= 0.6 is 11.6 Å². The minimum atomic E-state index is -1.23. The number of hydrogen-bond acceptors (Lipinski definition) is 3. The number of benzene rings is 1. The van der Waals surface area contributed by atoms with Gasteiger partial charge in [0.2, 0.25) is 11.7 Å². The smallest absolute Gasteiger partial charge is 0.373 e. The zero-order valence-corrected chi connectivity index (χ0v) is 12.0. The summed E-state index contributed by atoms with van der Waals surface area (Å²) in [5, 5.41) is 9.40. The molecule has 2 aromatic rings. The Labute approximate surface area is 120 Å². The average Bonchev–Trinajstić information content (AvgIpc) is 2.73. The highest BCUT2D eigenvalue weighted by Crippen LogP contribution is 2.31. The van der Waals surface area contributed by atoms with Gasteiger partial charge in [-0.1, -0.05) is 32.4 Å². The summed E-state index contributed by atoms with van der Waals surface area (Å²) in [6, 6.07) is 4.02. The first-order valence-electron chi connectivity index (χ1n) is 5.90. The molecule has 1 N–H and O–H groups in total. The van der Waals surface area contributed by atoms with E-state index in [1.165, 1.54) is 12.1 Å². The van der Waals surface area contributed by atoms with Crippen molar-refractivity contribution in [3.63, 3.8) is 0 Å². The van der Waals surface area contributed by atoms with Crippen LogP contribution in [0.4, 0.5) is 4.39 Å². The molecule has 1 aromatic heterocycles. The molecule has 0 radical (unpaired) electrons. The predicted octanol–water partition coefficient (Wildman–Crippen LogP) is 4.13. The summed E-state index contributed by atoms with van der Waals surface area (Å²) in [6.45, 7) is 5.41. The van der Waals surface area contributed by atoms with Gasteiger partial charge in [-0.2, -0.15) is 0 Å². The van der Waals surface area contributed by atoms with Crippen LogP contribution in [-0.4, -0.2) is 16.1 Å². The Morgan fingerprint density at radius 2 is 2.05 bits per heavy atom. The van der Waals surface area contributed by atoms with Gasteiger partial charge in [-0.15, -0.1) is 0 Å². The molecule has 20 heavy (non-hydrogen) atoms. The molecule has 4 nitrogen and oxygen atoms in total. The molecule has 1 aromatic carbocycles. The zero-order chi connectivity index (χ0) is 15.1. The number of oxazole rings is 1. The lowest BCUT2D eigenvalue weighted by Crippen LogP contribution is -2.16. The first-order chi connectivity index (χ1) is 9.20. The van der Waals surface area contributed by atoms with Crippen molar-refractivity contribution in [1.29, 1.82) is 0 Å². The fourth-order valence-electron chi connectivity index (χ4n) is 1.75. The molecule has 0 fully saturated rings. The van der Waals surface area contributed by atoms with Crippen LogP contribution in [0.3, 0.4) is 0 Å². The Kier molecular flexibility index (Phi) is 3.56. The highest BCUT2D eigenvalue weighted by atomic mass is 35.5.